The summed E-state index contributed by atoms with van der Waals surface area (Å²) >= 11 is 0. The summed E-state index contributed by atoms with van der Waals surface area (Å²) in [7, 11) is 0. The lowest BCUT2D eigenvalue weighted by Gasteiger charge is -2.33. The predicted octanol–water partition coefficient (Wildman–Crippen LogP) is 1.93. The monoisotopic (exact) mass is 139 g/mol. The Labute approximate surface area is 63.2 Å². The Hall–Kier alpha value is -0.0400. The van der Waals surface area contributed by atoms with Crippen LogP contribution in [0.3, 0.4) is 0 Å². The van der Waals surface area contributed by atoms with Crippen LogP contribution in [0.25, 0.3) is 0 Å². The Morgan fingerprint density at radius 3 is 2.60 bits per heavy atom. The van der Waals surface area contributed by atoms with Crippen LogP contribution in [0.1, 0.15) is 39.0 Å². The molecule has 1 saturated carbocycles. The van der Waals surface area contributed by atoms with Crippen molar-refractivity contribution in [3.8, 4) is 0 Å². The van der Waals surface area contributed by atoms with Crippen molar-refractivity contribution in [2.75, 3.05) is 6.54 Å². The van der Waals surface area contributed by atoms with Crippen LogP contribution < -0.4 is 5.32 Å². The molecule has 0 aromatic heterocycles. The van der Waals surface area contributed by atoms with Crippen molar-refractivity contribution in [2.45, 2.75) is 44.6 Å². The Balaban J connectivity index is 2.11. The second-order valence-electron chi connectivity index (χ2n) is 4.22. The first-order valence-corrected chi connectivity index (χ1v) is 4.54. The molecule has 10 heavy (non-hydrogen) atoms. The van der Waals surface area contributed by atoms with Gasteiger partial charge in [0.25, 0.3) is 0 Å². The first-order chi connectivity index (χ1) is 4.79. The quantitative estimate of drug-likeness (QED) is 0.540. The Kier molecular flexibility index (Phi) is 1.48. The molecular formula is C9H17N. The molecule has 0 atom stereocenters. The first-order valence-electron chi connectivity index (χ1n) is 4.54. The zero-order chi connectivity index (χ0) is 7.03. The third kappa shape index (κ3) is 1.07. The summed E-state index contributed by atoms with van der Waals surface area (Å²) in [5.74, 6) is 1.06. The summed E-state index contributed by atoms with van der Waals surface area (Å²) < 4.78 is 0. The maximum Gasteiger partial charge on any atom is 0.0153 e. The summed E-state index contributed by atoms with van der Waals surface area (Å²) in [6.07, 6.45) is 7.21. The van der Waals surface area contributed by atoms with E-state index in [1.807, 2.05) is 0 Å². The summed E-state index contributed by atoms with van der Waals surface area (Å²) in [6.45, 7) is 3.65. The van der Waals surface area contributed by atoms with E-state index in [0.717, 1.165) is 5.92 Å². The maximum atomic E-state index is 3.65. The van der Waals surface area contributed by atoms with Gasteiger partial charge in [-0.3, -0.25) is 0 Å². The fraction of sp³-hybridized carbons (Fsp3) is 1.00. The maximum absolute atomic E-state index is 3.65. The fourth-order valence-electron chi connectivity index (χ4n) is 2.36. The molecule has 1 nitrogen and oxygen atoms in total. The molecule has 2 heterocycles. The smallest absolute Gasteiger partial charge is 0.0153 e. The summed E-state index contributed by atoms with van der Waals surface area (Å²) in [5.41, 5.74) is 0.521. The average Bonchev–Trinajstić information content (AvgIpc) is 2.19. The molecule has 58 valence electrons. The van der Waals surface area contributed by atoms with Crippen molar-refractivity contribution in [1.29, 1.82) is 0 Å². The number of hydrogen-bond acceptors (Lipinski definition) is 1. The first kappa shape index (κ1) is 6.66. The molecule has 1 aliphatic carbocycles. The lowest BCUT2D eigenvalue weighted by atomic mass is 9.79. The van der Waals surface area contributed by atoms with Crippen LogP contribution in [0.15, 0.2) is 0 Å². The summed E-state index contributed by atoms with van der Waals surface area (Å²) in [6, 6.07) is 0. The average molecular weight is 139 g/mol. The van der Waals surface area contributed by atoms with E-state index < -0.39 is 0 Å². The number of hydrogen-bond donors (Lipinski definition) is 1. The van der Waals surface area contributed by atoms with E-state index in [4.69, 9.17) is 0 Å². The summed E-state index contributed by atoms with van der Waals surface area (Å²) in [5, 5.41) is 3.65. The van der Waals surface area contributed by atoms with Crippen molar-refractivity contribution in [3.05, 3.63) is 0 Å². The molecule has 1 heteroatoms. The highest BCUT2D eigenvalue weighted by atomic mass is 15.0. The van der Waals surface area contributed by atoms with Gasteiger partial charge in [0.05, 0.1) is 0 Å². The topological polar surface area (TPSA) is 12.0 Å². The molecule has 3 fully saturated rings. The molecule has 2 saturated heterocycles. The molecule has 1 N–H and O–H groups in total. The molecule has 3 aliphatic rings. The van der Waals surface area contributed by atoms with E-state index in [1.165, 1.54) is 38.6 Å². The highest BCUT2D eigenvalue weighted by molar-refractivity contribution is 4.92. The van der Waals surface area contributed by atoms with Crippen molar-refractivity contribution in [2.24, 2.45) is 5.92 Å². The van der Waals surface area contributed by atoms with Crippen LogP contribution in [0, 0.1) is 5.92 Å². The lowest BCUT2D eigenvalue weighted by molar-refractivity contribution is 0.253. The second-order valence-corrected chi connectivity index (χ2v) is 4.22. The molecule has 3 rings (SSSR count). The van der Waals surface area contributed by atoms with Crippen LogP contribution >= 0.6 is 0 Å². The third-order valence-electron chi connectivity index (χ3n) is 3.31. The Morgan fingerprint density at radius 2 is 1.90 bits per heavy atom. The summed E-state index contributed by atoms with van der Waals surface area (Å²) in [4.78, 5) is 0. The Bertz CT molecular complexity index is 117. The standard InChI is InChI=1S/C9H17N/c1-9-5-2-8(3-6-9)4-7-10-9/h8,10H,2-7H2,1H3. The normalized spacial score (nSPS) is 47.1. The molecular weight excluding hydrogens is 122 g/mol. The van der Waals surface area contributed by atoms with Gasteiger partial charge in [0.15, 0.2) is 0 Å². The van der Waals surface area contributed by atoms with Crippen molar-refractivity contribution in [3.63, 3.8) is 0 Å². The van der Waals surface area contributed by atoms with Crippen LogP contribution in [0.4, 0.5) is 0 Å². The van der Waals surface area contributed by atoms with Crippen molar-refractivity contribution < 1.29 is 0 Å². The predicted molar refractivity (Wildman–Crippen MR) is 43.0 cm³/mol. The van der Waals surface area contributed by atoms with Gasteiger partial charge in [-0.05, 0) is 51.5 Å². The molecule has 2 aliphatic heterocycles. The van der Waals surface area contributed by atoms with Gasteiger partial charge in [0.1, 0.15) is 0 Å². The van der Waals surface area contributed by atoms with E-state index in [2.05, 4.69) is 12.2 Å². The molecule has 0 radical (unpaired) electrons. The van der Waals surface area contributed by atoms with Crippen LogP contribution in [-0.2, 0) is 0 Å². The van der Waals surface area contributed by atoms with Crippen molar-refractivity contribution in [1.82, 2.24) is 5.32 Å². The van der Waals surface area contributed by atoms with Gasteiger partial charge in [-0.2, -0.15) is 0 Å². The minimum atomic E-state index is 0.521. The van der Waals surface area contributed by atoms with Crippen molar-refractivity contribution >= 4 is 0 Å². The molecule has 0 spiro atoms. The van der Waals surface area contributed by atoms with Gasteiger partial charge in [0.2, 0.25) is 0 Å². The minimum Gasteiger partial charge on any atom is -0.312 e. The molecule has 0 unspecified atom stereocenters. The largest absolute Gasteiger partial charge is 0.312 e. The van der Waals surface area contributed by atoms with Gasteiger partial charge in [-0.15, -0.1) is 0 Å². The van der Waals surface area contributed by atoms with Gasteiger partial charge in [0, 0.05) is 5.54 Å². The van der Waals surface area contributed by atoms with E-state index in [-0.39, 0.29) is 0 Å². The zero-order valence-corrected chi connectivity index (χ0v) is 6.82. The number of nitrogens with one attached hydrogen (secondary N) is 1. The molecule has 0 aromatic carbocycles. The zero-order valence-electron chi connectivity index (χ0n) is 6.82. The van der Waals surface area contributed by atoms with Gasteiger partial charge in [-0.25, -0.2) is 0 Å². The van der Waals surface area contributed by atoms with Crippen LogP contribution in [-0.4, -0.2) is 12.1 Å². The SMILES string of the molecule is CC12CCC(CCN1)CC2. The molecule has 2 bridgehead atoms. The number of fused-ring (bicyclic) bond motifs is 4. The van der Waals surface area contributed by atoms with E-state index in [0.29, 0.717) is 5.54 Å². The van der Waals surface area contributed by atoms with Gasteiger partial charge < -0.3 is 5.32 Å². The Morgan fingerprint density at radius 1 is 1.20 bits per heavy atom. The minimum absolute atomic E-state index is 0.521. The van der Waals surface area contributed by atoms with Crippen LogP contribution in [0.2, 0.25) is 0 Å². The highest BCUT2D eigenvalue weighted by Gasteiger charge is 2.33. The van der Waals surface area contributed by atoms with Crippen LogP contribution in [0.5, 0.6) is 0 Å². The van der Waals surface area contributed by atoms with E-state index >= 15 is 0 Å². The van der Waals surface area contributed by atoms with E-state index in [9.17, 15) is 0 Å². The fourth-order valence-corrected chi connectivity index (χ4v) is 2.36. The molecule has 0 amide bonds. The lowest BCUT2D eigenvalue weighted by Crippen LogP contribution is -2.41. The van der Waals surface area contributed by atoms with Gasteiger partial charge in [-0.1, -0.05) is 0 Å². The third-order valence-corrected chi connectivity index (χ3v) is 3.31. The molecule has 0 aromatic rings. The van der Waals surface area contributed by atoms with E-state index in [1.54, 1.807) is 0 Å². The van der Waals surface area contributed by atoms with Gasteiger partial charge >= 0.3 is 0 Å². The second kappa shape index (κ2) is 2.23. The number of rotatable bonds is 0. The highest BCUT2D eigenvalue weighted by Crippen LogP contribution is 2.35.